The maximum atomic E-state index is 12.8. The number of carbonyl (C=O) groups is 2. The summed E-state index contributed by atoms with van der Waals surface area (Å²) < 4.78 is 1.74. The number of hydrogen-bond donors (Lipinski definition) is 2. The fourth-order valence-electron chi connectivity index (χ4n) is 3.47. The van der Waals surface area contributed by atoms with Crippen molar-refractivity contribution in [2.45, 2.75) is 19.0 Å². The minimum absolute atomic E-state index is 0.275. The first-order chi connectivity index (χ1) is 14.5. The quantitative estimate of drug-likeness (QED) is 0.635. The molecule has 0 aliphatic carbocycles. The van der Waals surface area contributed by atoms with Crippen LogP contribution in [0.1, 0.15) is 33.1 Å². The summed E-state index contributed by atoms with van der Waals surface area (Å²) in [5.74, 6) is -0.575. The van der Waals surface area contributed by atoms with E-state index < -0.39 is 12.1 Å². The van der Waals surface area contributed by atoms with E-state index in [9.17, 15) is 9.59 Å². The molecule has 1 fully saturated rings. The molecule has 3 aromatic rings. The zero-order valence-corrected chi connectivity index (χ0v) is 17.1. The fourth-order valence-corrected chi connectivity index (χ4v) is 3.59. The minimum atomic E-state index is -0.763. The van der Waals surface area contributed by atoms with Crippen molar-refractivity contribution in [3.8, 4) is 0 Å². The van der Waals surface area contributed by atoms with Crippen LogP contribution in [-0.4, -0.2) is 28.8 Å². The van der Waals surface area contributed by atoms with Crippen LogP contribution in [0.2, 0.25) is 5.02 Å². The minimum Gasteiger partial charge on any atom is -0.334 e. The summed E-state index contributed by atoms with van der Waals surface area (Å²) in [5, 5.41) is 3.49. The van der Waals surface area contributed by atoms with Gasteiger partial charge in [-0.1, -0.05) is 59.6 Å². The summed E-state index contributed by atoms with van der Waals surface area (Å²) >= 11 is 6.06. The molecule has 3 aromatic carbocycles. The zero-order valence-electron chi connectivity index (χ0n) is 16.4. The first kappa shape index (κ1) is 19.9. The standard InChI is InChI=1S/C24H20ClN3O2/c1-16-7-9-17(10-8-16)15-28-22(18-11-13-20(25)14-12-18)21(24(30)27-28)26-23(29)19-5-3-2-4-6-19/h2-15,21-22H,1H3,(H-,26,27,29,30)/p+1/b28-15-/t21-,22+/m1/s1. The molecule has 2 atom stereocenters. The van der Waals surface area contributed by atoms with Gasteiger partial charge >= 0.3 is 5.91 Å². The smallest absolute Gasteiger partial charge is 0.304 e. The highest BCUT2D eigenvalue weighted by Crippen LogP contribution is 2.26. The summed E-state index contributed by atoms with van der Waals surface area (Å²) in [7, 11) is 0. The topological polar surface area (TPSA) is 61.2 Å². The molecule has 0 aromatic heterocycles. The molecule has 2 amide bonds. The predicted molar refractivity (Wildman–Crippen MR) is 117 cm³/mol. The zero-order chi connectivity index (χ0) is 21.1. The number of amides is 2. The van der Waals surface area contributed by atoms with Crippen molar-refractivity contribution in [3.63, 3.8) is 0 Å². The predicted octanol–water partition coefficient (Wildman–Crippen LogP) is 3.66. The molecule has 1 heterocycles. The molecule has 2 N–H and O–H groups in total. The molecule has 30 heavy (non-hydrogen) atoms. The normalized spacial score (nSPS) is 19.5. The van der Waals surface area contributed by atoms with E-state index in [0.717, 1.165) is 16.7 Å². The van der Waals surface area contributed by atoms with Gasteiger partial charge in [0.15, 0.2) is 6.04 Å². The van der Waals surface area contributed by atoms with Crippen molar-refractivity contribution in [2.24, 2.45) is 0 Å². The maximum Gasteiger partial charge on any atom is 0.304 e. The summed E-state index contributed by atoms with van der Waals surface area (Å²) in [4.78, 5) is 25.6. The highest BCUT2D eigenvalue weighted by Gasteiger charge is 2.47. The van der Waals surface area contributed by atoms with Gasteiger partial charge in [-0.2, -0.15) is 0 Å². The van der Waals surface area contributed by atoms with Crippen LogP contribution in [-0.2, 0) is 4.79 Å². The van der Waals surface area contributed by atoms with Gasteiger partial charge in [0.1, 0.15) is 0 Å². The van der Waals surface area contributed by atoms with Crippen LogP contribution in [0.3, 0.4) is 0 Å². The Hall–Kier alpha value is -3.44. The molecule has 6 heteroatoms. The Labute approximate surface area is 180 Å². The van der Waals surface area contributed by atoms with E-state index in [2.05, 4.69) is 10.7 Å². The first-order valence-electron chi connectivity index (χ1n) is 9.63. The summed E-state index contributed by atoms with van der Waals surface area (Å²) in [5.41, 5.74) is 6.33. The number of carbonyl (C=O) groups excluding carboxylic acids is 2. The van der Waals surface area contributed by atoms with Gasteiger partial charge in [-0.15, -0.1) is 10.1 Å². The van der Waals surface area contributed by atoms with Gasteiger partial charge in [-0.25, -0.2) is 0 Å². The number of rotatable bonds is 4. The first-order valence-corrected chi connectivity index (χ1v) is 10.0. The molecule has 4 rings (SSSR count). The Balaban J connectivity index is 1.70. The van der Waals surface area contributed by atoms with Crippen molar-refractivity contribution < 1.29 is 14.3 Å². The maximum absolute atomic E-state index is 12.8. The van der Waals surface area contributed by atoms with Gasteiger partial charge < -0.3 is 5.32 Å². The number of nitrogens with one attached hydrogen (secondary N) is 2. The lowest BCUT2D eigenvalue weighted by Crippen LogP contribution is -2.42. The second-order valence-corrected chi connectivity index (χ2v) is 7.67. The molecule has 1 aliphatic rings. The van der Waals surface area contributed by atoms with Crippen LogP contribution in [0.15, 0.2) is 78.9 Å². The third-order valence-corrected chi connectivity index (χ3v) is 5.29. The molecular formula is C24H21ClN3O2+. The SMILES string of the molecule is Cc1ccc(/C=[N+]2\NC(=O)[C@H](NC(=O)c3ccccc3)[C@@H]2c2ccc(Cl)cc2)cc1. The van der Waals surface area contributed by atoms with Crippen LogP contribution < -0.4 is 10.7 Å². The number of halogens is 1. The Kier molecular flexibility index (Phi) is 5.63. The molecule has 0 saturated carbocycles. The molecule has 0 spiro atoms. The fraction of sp³-hybridized carbons (Fsp3) is 0.125. The van der Waals surface area contributed by atoms with E-state index in [1.807, 2.05) is 55.6 Å². The highest BCUT2D eigenvalue weighted by molar-refractivity contribution is 6.30. The van der Waals surface area contributed by atoms with Crippen molar-refractivity contribution in [1.29, 1.82) is 0 Å². The van der Waals surface area contributed by atoms with Gasteiger partial charge in [0, 0.05) is 21.7 Å². The van der Waals surface area contributed by atoms with Gasteiger partial charge in [0.05, 0.1) is 0 Å². The van der Waals surface area contributed by atoms with E-state index >= 15 is 0 Å². The summed E-state index contributed by atoms with van der Waals surface area (Å²) in [6.45, 7) is 2.02. The Morgan fingerprint density at radius 1 is 1.00 bits per heavy atom. The van der Waals surface area contributed by atoms with E-state index in [0.29, 0.717) is 10.6 Å². The van der Waals surface area contributed by atoms with E-state index in [4.69, 9.17) is 11.6 Å². The number of aryl methyl sites for hydroxylation is 1. The number of hydrazine groups is 1. The van der Waals surface area contributed by atoms with Crippen LogP contribution in [0, 0.1) is 6.92 Å². The molecule has 1 saturated heterocycles. The van der Waals surface area contributed by atoms with E-state index in [-0.39, 0.29) is 11.8 Å². The number of hydrazone groups is 1. The number of benzene rings is 3. The summed E-state index contributed by atoms with van der Waals surface area (Å²) in [6.07, 6.45) is 1.87. The lowest BCUT2D eigenvalue weighted by Gasteiger charge is -2.15. The lowest BCUT2D eigenvalue weighted by molar-refractivity contribution is -0.596. The molecule has 5 nitrogen and oxygen atoms in total. The second kappa shape index (κ2) is 8.51. The van der Waals surface area contributed by atoms with Crippen LogP contribution in [0.4, 0.5) is 0 Å². The lowest BCUT2D eigenvalue weighted by atomic mass is 9.99. The molecule has 150 valence electrons. The molecular weight excluding hydrogens is 398 g/mol. The van der Waals surface area contributed by atoms with Gasteiger partial charge in [0.2, 0.25) is 12.3 Å². The van der Waals surface area contributed by atoms with E-state index in [1.54, 1.807) is 41.1 Å². The number of hydrogen-bond acceptors (Lipinski definition) is 2. The average molecular weight is 419 g/mol. The van der Waals surface area contributed by atoms with Crippen molar-refractivity contribution >= 4 is 29.6 Å². The monoisotopic (exact) mass is 418 g/mol. The average Bonchev–Trinajstić information content (AvgIpc) is 3.05. The van der Waals surface area contributed by atoms with Crippen LogP contribution in [0.25, 0.3) is 0 Å². The molecule has 1 aliphatic heterocycles. The Morgan fingerprint density at radius 2 is 1.67 bits per heavy atom. The van der Waals surface area contributed by atoms with Crippen molar-refractivity contribution in [1.82, 2.24) is 10.7 Å². The van der Waals surface area contributed by atoms with Crippen LogP contribution >= 0.6 is 11.6 Å². The third-order valence-electron chi connectivity index (χ3n) is 5.04. The number of nitrogens with zero attached hydrogens (tertiary/aromatic N) is 1. The van der Waals surface area contributed by atoms with Crippen LogP contribution in [0.5, 0.6) is 0 Å². The third kappa shape index (κ3) is 4.26. The largest absolute Gasteiger partial charge is 0.334 e. The molecule has 0 unspecified atom stereocenters. The van der Waals surface area contributed by atoms with Gasteiger partial charge in [-0.3, -0.25) is 9.59 Å². The Bertz CT molecular complexity index is 1090. The Morgan fingerprint density at radius 3 is 2.33 bits per heavy atom. The highest BCUT2D eigenvalue weighted by atomic mass is 35.5. The molecule has 0 bridgehead atoms. The second-order valence-electron chi connectivity index (χ2n) is 7.24. The van der Waals surface area contributed by atoms with Gasteiger partial charge in [-0.05, 0) is 43.3 Å². The van der Waals surface area contributed by atoms with Crippen molar-refractivity contribution in [3.05, 3.63) is 106 Å². The van der Waals surface area contributed by atoms with Gasteiger partial charge in [0.25, 0.3) is 5.91 Å². The van der Waals surface area contributed by atoms with Crippen molar-refractivity contribution in [2.75, 3.05) is 0 Å². The molecule has 0 radical (unpaired) electrons. The van der Waals surface area contributed by atoms with E-state index in [1.165, 1.54) is 0 Å². The summed E-state index contributed by atoms with van der Waals surface area (Å²) in [6, 6.07) is 22.9.